The van der Waals surface area contributed by atoms with Crippen LogP contribution in [0.2, 0.25) is 0 Å². The van der Waals surface area contributed by atoms with Gasteiger partial charge >= 0.3 is 0 Å². The van der Waals surface area contributed by atoms with Crippen LogP contribution in [0.4, 0.5) is 0 Å². The third kappa shape index (κ3) is 1.89. The second-order valence-electron chi connectivity index (χ2n) is 4.51. The Morgan fingerprint density at radius 2 is 2.20 bits per heavy atom. The smallest absolute Gasteiger partial charge is 0.133 e. The summed E-state index contributed by atoms with van der Waals surface area (Å²) >= 11 is 0. The van der Waals surface area contributed by atoms with Crippen molar-refractivity contribution in [1.29, 1.82) is 0 Å². The van der Waals surface area contributed by atoms with Crippen molar-refractivity contribution in [2.75, 3.05) is 7.11 Å². The predicted octanol–water partition coefficient (Wildman–Crippen LogP) is 2.71. The molecule has 0 saturated heterocycles. The highest BCUT2D eigenvalue weighted by atomic mass is 16.5. The largest absolute Gasteiger partial charge is 0.497 e. The minimum absolute atomic E-state index is 0.0195. The van der Waals surface area contributed by atoms with Gasteiger partial charge in [-0.3, -0.25) is 4.79 Å². The Morgan fingerprint density at radius 3 is 2.80 bits per heavy atom. The summed E-state index contributed by atoms with van der Waals surface area (Å²) in [7, 11) is 1.67. The maximum absolute atomic E-state index is 11.4. The second-order valence-corrected chi connectivity index (χ2v) is 4.51. The number of carbonyl (C=O) groups excluding carboxylic acids is 1. The zero-order chi connectivity index (χ0) is 10.9. The lowest BCUT2D eigenvalue weighted by Gasteiger charge is -2.23. The minimum Gasteiger partial charge on any atom is -0.497 e. The molecule has 0 N–H and O–H groups in total. The predicted molar refractivity (Wildman–Crippen MR) is 59.2 cm³/mol. The fraction of sp³-hybridized carbons (Fsp3) is 0.462. The summed E-state index contributed by atoms with van der Waals surface area (Å²) in [4.78, 5) is 11.4. The molecule has 1 atom stereocenters. The van der Waals surface area contributed by atoms with Gasteiger partial charge in [-0.2, -0.15) is 0 Å². The number of hydrogen-bond donors (Lipinski definition) is 0. The van der Waals surface area contributed by atoms with Crippen LogP contribution >= 0.6 is 0 Å². The number of ketones is 1. The van der Waals surface area contributed by atoms with Gasteiger partial charge in [0, 0.05) is 12.8 Å². The second kappa shape index (κ2) is 3.69. The molecule has 15 heavy (non-hydrogen) atoms. The molecule has 0 spiro atoms. The van der Waals surface area contributed by atoms with Gasteiger partial charge in [0.2, 0.25) is 0 Å². The van der Waals surface area contributed by atoms with Crippen LogP contribution < -0.4 is 4.74 Å². The molecule has 2 rings (SSSR count). The minimum atomic E-state index is 0.0195. The lowest BCUT2D eigenvalue weighted by atomic mass is 9.81. The Bertz CT molecular complexity index is 384. The first-order chi connectivity index (χ1) is 7.14. The molecule has 0 bridgehead atoms. The van der Waals surface area contributed by atoms with Crippen LogP contribution in [0.3, 0.4) is 0 Å². The van der Waals surface area contributed by atoms with Gasteiger partial charge in [-0.25, -0.2) is 0 Å². The molecule has 1 aliphatic rings. The highest BCUT2D eigenvalue weighted by Crippen LogP contribution is 2.39. The van der Waals surface area contributed by atoms with E-state index in [9.17, 15) is 4.79 Å². The van der Waals surface area contributed by atoms with Gasteiger partial charge in [-0.1, -0.05) is 19.1 Å². The van der Waals surface area contributed by atoms with Crippen LogP contribution in [0.1, 0.15) is 31.7 Å². The molecule has 1 aromatic carbocycles. The fourth-order valence-corrected chi connectivity index (χ4v) is 2.27. The van der Waals surface area contributed by atoms with Gasteiger partial charge in [0.1, 0.15) is 11.5 Å². The summed E-state index contributed by atoms with van der Waals surface area (Å²) in [6, 6.07) is 8.05. The molecule has 1 fully saturated rings. The Kier molecular flexibility index (Phi) is 2.51. The number of Topliss-reactive ketones (excluding diaryl/α,β-unsaturated/α-hetero) is 1. The summed E-state index contributed by atoms with van der Waals surface area (Å²) in [5.74, 6) is 1.24. The van der Waals surface area contributed by atoms with E-state index in [1.54, 1.807) is 7.11 Å². The summed E-state index contributed by atoms with van der Waals surface area (Å²) in [6.45, 7) is 2.16. The van der Waals surface area contributed by atoms with E-state index >= 15 is 0 Å². The third-order valence-electron chi connectivity index (χ3n) is 3.31. The number of hydrogen-bond acceptors (Lipinski definition) is 2. The Hall–Kier alpha value is -1.31. The van der Waals surface area contributed by atoms with Gasteiger partial charge in [-0.15, -0.1) is 0 Å². The highest BCUT2D eigenvalue weighted by Gasteiger charge is 2.35. The summed E-state index contributed by atoms with van der Waals surface area (Å²) in [5, 5.41) is 0. The van der Waals surface area contributed by atoms with Crippen molar-refractivity contribution in [3.05, 3.63) is 29.8 Å². The van der Waals surface area contributed by atoms with Gasteiger partial charge in [0.05, 0.1) is 7.11 Å². The zero-order valence-electron chi connectivity index (χ0n) is 9.25. The molecule has 2 heteroatoms. The average molecular weight is 204 g/mol. The maximum atomic E-state index is 11.4. The van der Waals surface area contributed by atoms with E-state index in [1.807, 2.05) is 18.2 Å². The first-order valence-corrected chi connectivity index (χ1v) is 5.30. The van der Waals surface area contributed by atoms with Crippen molar-refractivity contribution >= 4 is 5.78 Å². The van der Waals surface area contributed by atoms with Crippen molar-refractivity contribution < 1.29 is 9.53 Å². The van der Waals surface area contributed by atoms with Crippen LogP contribution in [0.25, 0.3) is 0 Å². The SMILES string of the molecule is COc1cccc(C2(C)CCC(=O)C2)c1. The molecule has 1 aliphatic carbocycles. The topological polar surface area (TPSA) is 26.3 Å². The van der Waals surface area contributed by atoms with Crippen LogP contribution in [0.5, 0.6) is 5.75 Å². The van der Waals surface area contributed by atoms with Gasteiger partial charge < -0.3 is 4.74 Å². The molecule has 1 aromatic rings. The summed E-state index contributed by atoms with van der Waals surface area (Å²) in [5.41, 5.74) is 1.23. The molecule has 2 nitrogen and oxygen atoms in total. The third-order valence-corrected chi connectivity index (χ3v) is 3.31. The molecule has 0 aromatic heterocycles. The van der Waals surface area contributed by atoms with Gasteiger partial charge in [0.15, 0.2) is 0 Å². The van der Waals surface area contributed by atoms with Crippen LogP contribution in [-0.2, 0) is 10.2 Å². The Balaban J connectivity index is 2.32. The van der Waals surface area contributed by atoms with Crippen LogP contribution in [-0.4, -0.2) is 12.9 Å². The van der Waals surface area contributed by atoms with E-state index in [2.05, 4.69) is 13.0 Å². The van der Waals surface area contributed by atoms with E-state index in [0.29, 0.717) is 18.6 Å². The zero-order valence-corrected chi connectivity index (χ0v) is 9.25. The molecular formula is C13H16O2. The van der Waals surface area contributed by atoms with E-state index in [1.165, 1.54) is 5.56 Å². The van der Waals surface area contributed by atoms with Gasteiger partial charge in [0.25, 0.3) is 0 Å². The van der Waals surface area contributed by atoms with E-state index in [-0.39, 0.29) is 5.41 Å². The van der Waals surface area contributed by atoms with Gasteiger partial charge in [-0.05, 0) is 29.5 Å². The monoisotopic (exact) mass is 204 g/mol. The molecule has 1 saturated carbocycles. The Labute approximate surface area is 90.3 Å². The van der Waals surface area contributed by atoms with Crippen molar-refractivity contribution in [1.82, 2.24) is 0 Å². The van der Waals surface area contributed by atoms with Crippen LogP contribution in [0.15, 0.2) is 24.3 Å². The molecule has 0 radical (unpaired) electrons. The van der Waals surface area contributed by atoms with Crippen molar-refractivity contribution in [2.45, 2.75) is 31.6 Å². The number of methoxy groups -OCH3 is 1. The normalized spacial score (nSPS) is 25.6. The standard InChI is InChI=1S/C13H16O2/c1-13(7-6-11(14)9-13)10-4-3-5-12(8-10)15-2/h3-5,8H,6-7,9H2,1-2H3. The average Bonchev–Trinajstić information content (AvgIpc) is 2.60. The first kappa shape index (κ1) is 10.2. The summed E-state index contributed by atoms with van der Waals surface area (Å²) in [6.07, 6.45) is 2.34. The van der Waals surface area contributed by atoms with Crippen molar-refractivity contribution in [3.63, 3.8) is 0 Å². The van der Waals surface area contributed by atoms with E-state index in [4.69, 9.17) is 4.74 Å². The van der Waals surface area contributed by atoms with Crippen molar-refractivity contribution in [2.24, 2.45) is 0 Å². The fourth-order valence-electron chi connectivity index (χ4n) is 2.27. The molecule has 1 unspecified atom stereocenters. The lowest BCUT2D eigenvalue weighted by molar-refractivity contribution is -0.117. The molecule has 0 amide bonds. The highest BCUT2D eigenvalue weighted by molar-refractivity contribution is 5.82. The quantitative estimate of drug-likeness (QED) is 0.740. The Morgan fingerprint density at radius 1 is 1.40 bits per heavy atom. The van der Waals surface area contributed by atoms with E-state index in [0.717, 1.165) is 12.2 Å². The maximum Gasteiger partial charge on any atom is 0.133 e. The number of ether oxygens (including phenoxy) is 1. The van der Waals surface area contributed by atoms with E-state index < -0.39 is 0 Å². The number of carbonyl (C=O) groups is 1. The van der Waals surface area contributed by atoms with Crippen molar-refractivity contribution in [3.8, 4) is 5.75 Å². The lowest BCUT2D eigenvalue weighted by Crippen LogP contribution is -2.17. The molecular weight excluding hydrogens is 188 g/mol. The molecule has 0 heterocycles. The molecule has 80 valence electrons. The molecule has 0 aliphatic heterocycles. The first-order valence-electron chi connectivity index (χ1n) is 5.30. The van der Waals surface area contributed by atoms with Crippen LogP contribution in [0, 0.1) is 0 Å². The summed E-state index contributed by atoms with van der Waals surface area (Å²) < 4.78 is 5.20. The number of benzene rings is 1. The number of rotatable bonds is 2.